The van der Waals surface area contributed by atoms with Crippen molar-refractivity contribution in [3.63, 3.8) is 0 Å². The standard InChI is InChI=1S/C17H20F3N5O3S/c1-8-6-10(18)9(13(20)12(8)19)7-28-15-11(14(21)26)16(29-25-15)24-17(27)23-5-3-4-22-2/h6,22H,3-5,7H2,1-2H3,(H2,21,26)(H2,23,24,27). The highest BCUT2D eigenvalue weighted by molar-refractivity contribution is 7.11. The van der Waals surface area contributed by atoms with Crippen molar-refractivity contribution in [1.82, 2.24) is 15.0 Å². The van der Waals surface area contributed by atoms with Gasteiger partial charge in [-0.2, -0.15) is 4.37 Å². The second-order valence-corrected chi connectivity index (χ2v) is 6.74. The lowest BCUT2D eigenvalue weighted by Gasteiger charge is -2.10. The largest absolute Gasteiger partial charge is 0.471 e. The molecule has 8 nitrogen and oxygen atoms in total. The number of anilines is 1. The molecule has 12 heteroatoms. The van der Waals surface area contributed by atoms with Gasteiger partial charge in [0.15, 0.2) is 11.6 Å². The number of nitrogens with two attached hydrogens (primary N) is 1. The Morgan fingerprint density at radius 1 is 1.24 bits per heavy atom. The first-order valence-electron chi connectivity index (χ1n) is 8.50. The molecule has 0 unspecified atom stereocenters. The molecule has 1 aromatic heterocycles. The highest BCUT2D eigenvalue weighted by atomic mass is 32.1. The van der Waals surface area contributed by atoms with Crippen LogP contribution in [0, 0.1) is 24.4 Å². The van der Waals surface area contributed by atoms with Crippen molar-refractivity contribution in [3.05, 3.63) is 40.2 Å². The van der Waals surface area contributed by atoms with E-state index in [0.29, 0.717) is 31.0 Å². The van der Waals surface area contributed by atoms with Gasteiger partial charge in [0.05, 0.1) is 5.56 Å². The van der Waals surface area contributed by atoms with Gasteiger partial charge in [-0.3, -0.25) is 10.1 Å². The lowest BCUT2D eigenvalue weighted by molar-refractivity contribution is 0.0996. The molecule has 29 heavy (non-hydrogen) atoms. The van der Waals surface area contributed by atoms with E-state index in [2.05, 4.69) is 20.3 Å². The first-order chi connectivity index (χ1) is 13.8. The summed E-state index contributed by atoms with van der Waals surface area (Å²) < 4.78 is 50.6. The van der Waals surface area contributed by atoms with Crippen molar-refractivity contribution in [3.8, 4) is 5.88 Å². The molecule has 0 aliphatic carbocycles. The monoisotopic (exact) mass is 431 g/mol. The summed E-state index contributed by atoms with van der Waals surface area (Å²) in [7, 11) is 1.78. The number of aryl methyl sites for hydroxylation is 1. The Kier molecular flexibility index (Phi) is 7.79. The van der Waals surface area contributed by atoms with Gasteiger partial charge in [-0.15, -0.1) is 0 Å². The molecule has 1 heterocycles. The number of aromatic nitrogens is 1. The maximum atomic E-state index is 14.0. The van der Waals surface area contributed by atoms with Crippen LogP contribution in [0.1, 0.15) is 27.9 Å². The third-order valence-electron chi connectivity index (χ3n) is 3.81. The van der Waals surface area contributed by atoms with E-state index in [0.717, 1.165) is 6.07 Å². The summed E-state index contributed by atoms with van der Waals surface area (Å²) >= 11 is 0.704. The van der Waals surface area contributed by atoms with Crippen LogP contribution in [0.15, 0.2) is 6.07 Å². The number of carbonyl (C=O) groups is 2. The van der Waals surface area contributed by atoms with Crippen LogP contribution in [-0.4, -0.2) is 36.4 Å². The fraction of sp³-hybridized carbons (Fsp3) is 0.353. The Hall–Kier alpha value is -2.86. The average molecular weight is 431 g/mol. The molecule has 0 spiro atoms. The fourth-order valence-corrected chi connectivity index (χ4v) is 3.05. The van der Waals surface area contributed by atoms with Gasteiger partial charge in [0.1, 0.15) is 23.0 Å². The summed E-state index contributed by atoms with van der Waals surface area (Å²) in [5, 5.41) is 7.94. The summed E-state index contributed by atoms with van der Waals surface area (Å²) in [4.78, 5) is 23.6. The van der Waals surface area contributed by atoms with Crippen molar-refractivity contribution >= 4 is 28.5 Å². The van der Waals surface area contributed by atoms with Gasteiger partial charge in [-0.25, -0.2) is 18.0 Å². The molecule has 0 fully saturated rings. The Bertz CT molecular complexity index is 907. The molecule has 5 N–H and O–H groups in total. The highest BCUT2D eigenvalue weighted by Gasteiger charge is 2.24. The van der Waals surface area contributed by atoms with Crippen molar-refractivity contribution < 1.29 is 27.5 Å². The lowest BCUT2D eigenvalue weighted by atomic mass is 10.1. The van der Waals surface area contributed by atoms with Crippen molar-refractivity contribution in [1.29, 1.82) is 0 Å². The zero-order valence-corrected chi connectivity index (χ0v) is 16.5. The minimum absolute atomic E-state index is 0.00893. The van der Waals surface area contributed by atoms with Gasteiger partial charge < -0.3 is 21.1 Å². The zero-order chi connectivity index (χ0) is 21.6. The fourth-order valence-electron chi connectivity index (χ4n) is 2.31. The van der Waals surface area contributed by atoms with Crippen LogP contribution in [0.25, 0.3) is 0 Å². The van der Waals surface area contributed by atoms with Gasteiger partial charge in [-0.1, -0.05) is 0 Å². The van der Waals surface area contributed by atoms with Crippen LogP contribution >= 0.6 is 11.5 Å². The van der Waals surface area contributed by atoms with E-state index < -0.39 is 41.6 Å². The minimum Gasteiger partial charge on any atom is -0.471 e. The summed E-state index contributed by atoms with van der Waals surface area (Å²) in [6.45, 7) is 1.59. The third-order valence-corrected chi connectivity index (χ3v) is 4.56. The molecule has 1 aromatic carbocycles. The van der Waals surface area contributed by atoms with Gasteiger partial charge >= 0.3 is 6.03 Å². The number of nitrogens with one attached hydrogen (secondary N) is 3. The predicted octanol–water partition coefficient (Wildman–Crippen LogP) is 2.28. The van der Waals surface area contributed by atoms with Crippen LogP contribution in [-0.2, 0) is 6.61 Å². The number of amides is 3. The number of hydrogen-bond donors (Lipinski definition) is 4. The van der Waals surface area contributed by atoms with E-state index in [1.165, 1.54) is 6.92 Å². The Labute approximate surface area is 168 Å². The lowest BCUT2D eigenvalue weighted by Crippen LogP contribution is -2.31. The third kappa shape index (κ3) is 5.57. The molecule has 0 aliphatic rings. The minimum atomic E-state index is -1.39. The number of benzene rings is 1. The van der Waals surface area contributed by atoms with Crippen LogP contribution in [0.4, 0.5) is 23.0 Å². The Morgan fingerprint density at radius 2 is 1.97 bits per heavy atom. The van der Waals surface area contributed by atoms with Gasteiger partial charge in [-0.05, 0) is 50.1 Å². The molecule has 0 aliphatic heterocycles. The van der Waals surface area contributed by atoms with Gasteiger partial charge in [0, 0.05) is 6.54 Å². The predicted molar refractivity (Wildman–Crippen MR) is 102 cm³/mol. The topological polar surface area (TPSA) is 118 Å². The van der Waals surface area contributed by atoms with Crippen LogP contribution < -0.4 is 26.4 Å². The molecule has 0 saturated carbocycles. The summed E-state index contributed by atoms with van der Waals surface area (Å²) in [6, 6.07) is 0.245. The summed E-state index contributed by atoms with van der Waals surface area (Å²) in [6.07, 6.45) is 0.688. The molecular formula is C17H20F3N5O3S. The van der Waals surface area contributed by atoms with E-state index in [1.54, 1.807) is 7.05 Å². The number of ether oxygens (including phenoxy) is 1. The van der Waals surface area contributed by atoms with E-state index in [-0.39, 0.29) is 22.0 Å². The SMILES string of the molecule is CNCCCNC(=O)Nc1snc(OCc2c(F)cc(C)c(F)c2F)c1C(N)=O. The number of urea groups is 1. The van der Waals surface area contributed by atoms with Crippen LogP contribution in [0.5, 0.6) is 5.88 Å². The number of primary amides is 1. The molecule has 3 amide bonds. The summed E-state index contributed by atoms with van der Waals surface area (Å²) in [5.74, 6) is -4.88. The normalized spacial score (nSPS) is 10.7. The molecule has 0 radical (unpaired) electrons. The molecule has 0 bridgehead atoms. The number of rotatable bonds is 9. The zero-order valence-electron chi connectivity index (χ0n) is 15.7. The molecule has 0 saturated heterocycles. The van der Waals surface area contributed by atoms with E-state index in [1.807, 2.05) is 0 Å². The molecule has 2 rings (SSSR count). The first kappa shape index (κ1) is 22.4. The second-order valence-electron chi connectivity index (χ2n) is 5.96. The molecule has 158 valence electrons. The van der Waals surface area contributed by atoms with Crippen LogP contribution in [0.3, 0.4) is 0 Å². The maximum Gasteiger partial charge on any atom is 0.319 e. The summed E-state index contributed by atoms with van der Waals surface area (Å²) in [5.41, 5.74) is 4.20. The van der Waals surface area contributed by atoms with Crippen molar-refractivity contribution in [2.45, 2.75) is 20.0 Å². The Balaban J connectivity index is 2.12. The van der Waals surface area contributed by atoms with Crippen molar-refractivity contribution in [2.75, 3.05) is 25.5 Å². The van der Waals surface area contributed by atoms with E-state index >= 15 is 0 Å². The van der Waals surface area contributed by atoms with E-state index in [9.17, 15) is 22.8 Å². The highest BCUT2D eigenvalue weighted by Crippen LogP contribution is 2.31. The molecule has 0 atom stereocenters. The number of halogens is 3. The van der Waals surface area contributed by atoms with Crippen molar-refractivity contribution in [2.24, 2.45) is 5.73 Å². The number of hydrogen-bond acceptors (Lipinski definition) is 6. The second kappa shape index (κ2) is 10.1. The maximum absolute atomic E-state index is 14.0. The Morgan fingerprint density at radius 3 is 2.62 bits per heavy atom. The smallest absolute Gasteiger partial charge is 0.319 e. The van der Waals surface area contributed by atoms with Gasteiger partial charge in [0.25, 0.3) is 5.91 Å². The first-order valence-corrected chi connectivity index (χ1v) is 9.28. The molecular weight excluding hydrogens is 411 g/mol. The molecule has 2 aromatic rings. The quantitative estimate of drug-likeness (QED) is 0.359. The number of nitrogens with zero attached hydrogens (tertiary/aromatic N) is 1. The number of carbonyl (C=O) groups excluding carboxylic acids is 2. The van der Waals surface area contributed by atoms with Crippen LogP contribution in [0.2, 0.25) is 0 Å². The van der Waals surface area contributed by atoms with E-state index in [4.69, 9.17) is 10.5 Å². The average Bonchev–Trinajstić information content (AvgIpc) is 3.06. The van der Waals surface area contributed by atoms with Gasteiger partial charge in [0.2, 0.25) is 5.88 Å².